The first-order chi connectivity index (χ1) is 9.84. The van der Waals surface area contributed by atoms with Crippen molar-refractivity contribution in [1.82, 2.24) is 4.57 Å². The molecule has 1 aliphatic carbocycles. The fourth-order valence-electron chi connectivity index (χ4n) is 2.97. The molecular weight excluding hydrogens is 242 g/mol. The lowest BCUT2D eigenvalue weighted by molar-refractivity contribution is 0.635. The topological polar surface area (TPSA) is 4.93 Å². The maximum absolute atomic E-state index is 2.46. The number of nitrogens with zero attached hydrogens (tertiary/aromatic N) is 1. The van der Waals surface area contributed by atoms with Crippen molar-refractivity contribution in [1.29, 1.82) is 0 Å². The summed E-state index contributed by atoms with van der Waals surface area (Å²) in [6.45, 7) is 7.31. The molecule has 3 rings (SSSR count). The molecule has 0 saturated carbocycles. The van der Waals surface area contributed by atoms with Crippen LogP contribution >= 0.6 is 0 Å². The van der Waals surface area contributed by atoms with Gasteiger partial charge in [0.15, 0.2) is 0 Å². The third-order valence-electron chi connectivity index (χ3n) is 4.09. The van der Waals surface area contributed by atoms with Crippen LogP contribution in [-0.4, -0.2) is 4.57 Å². The third kappa shape index (κ3) is 3.33. The van der Waals surface area contributed by atoms with Gasteiger partial charge in [-0.2, -0.15) is 0 Å². The molecule has 0 fully saturated rings. The summed E-state index contributed by atoms with van der Waals surface area (Å²) in [4.78, 5) is 0. The third-order valence-corrected chi connectivity index (χ3v) is 4.09. The van der Waals surface area contributed by atoms with E-state index >= 15 is 0 Å². The molecule has 0 aliphatic heterocycles. The largest absolute Gasteiger partial charge is 0.347 e. The fraction of sp³-hybridized carbons (Fsp3) is 0.474. The van der Waals surface area contributed by atoms with E-state index in [1.165, 1.54) is 48.6 Å². The standard InChI is InChI=1S/C17H21N.C2H6/c1-14-6-5-9-17-16(14)11-13-18(17)12-10-15-7-3-2-4-8-15;1-2/h5-7,9,11,13H,2-4,8,10,12H2,1H3;1-2H3. The molecule has 0 saturated heterocycles. The zero-order valence-corrected chi connectivity index (χ0v) is 13.2. The highest BCUT2D eigenvalue weighted by Gasteiger charge is 2.06. The number of aromatic nitrogens is 1. The van der Waals surface area contributed by atoms with E-state index < -0.39 is 0 Å². The second-order valence-electron chi connectivity index (χ2n) is 5.37. The highest BCUT2D eigenvalue weighted by Crippen LogP contribution is 2.23. The Bertz CT molecular complexity index is 574. The van der Waals surface area contributed by atoms with Crippen LogP contribution in [0.3, 0.4) is 0 Å². The van der Waals surface area contributed by atoms with Crippen LogP contribution in [0.2, 0.25) is 0 Å². The van der Waals surface area contributed by atoms with Gasteiger partial charge in [-0.15, -0.1) is 0 Å². The Hall–Kier alpha value is -1.50. The lowest BCUT2D eigenvalue weighted by atomic mass is 9.97. The quantitative estimate of drug-likeness (QED) is 0.614. The van der Waals surface area contributed by atoms with Gasteiger partial charge in [0, 0.05) is 23.6 Å². The predicted octanol–water partition coefficient (Wildman–Crippen LogP) is 5.87. The molecule has 2 aromatic rings. The Morgan fingerprint density at radius 2 is 1.95 bits per heavy atom. The molecule has 1 nitrogen and oxygen atoms in total. The van der Waals surface area contributed by atoms with Crippen LogP contribution in [0.25, 0.3) is 10.9 Å². The van der Waals surface area contributed by atoms with Gasteiger partial charge < -0.3 is 4.57 Å². The van der Waals surface area contributed by atoms with E-state index in [2.05, 4.69) is 48.0 Å². The van der Waals surface area contributed by atoms with Crippen molar-refractivity contribution in [2.24, 2.45) is 0 Å². The van der Waals surface area contributed by atoms with Crippen LogP contribution in [0.15, 0.2) is 42.1 Å². The van der Waals surface area contributed by atoms with E-state index in [9.17, 15) is 0 Å². The van der Waals surface area contributed by atoms with Gasteiger partial charge in [-0.25, -0.2) is 0 Å². The van der Waals surface area contributed by atoms with Crippen LogP contribution in [-0.2, 0) is 6.54 Å². The molecule has 1 heterocycles. The average molecular weight is 269 g/mol. The predicted molar refractivity (Wildman–Crippen MR) is 89.2 cm³/mol. The Morgan fingerprint density at radius 3 is 2.70 bits per heavy atom. The highest BCUT2D eigenvalue weighted by molar-refractivity contribution is 5.83. The molecule has 0 N–H and O–H groups in total. The minimum Gasteiger partial charge on any atom is -0.347 e. The Kier molecular flexibility index (Phi) is 5.46. The first-order valence-electron chi connectivity index (χ1n) is 8.07. The zero-order valence-electron chi connectivity index (χ0n) is 13.2. The van der Waals surface area contributed by atoms with Crippen molar-refractivity contribution < 1.29 is 0 Å². The van der Waals surface area contributed by atoms with Gasteiger partial charge in [-0.1, -0.05) is 37.6 Å². The Labute approximate surface area is 123 Å². The number of hydrogen-bond acceptors (Lipinski definition) is 0. The average Bonchev–Trinajstić information content (AvgIpc) is 2.93. The summed E-state index contributed by atoms with van der Waals surface area (Å²) in [5, 5.41) is 1.40. The van der Waals surface area contributed by atoms with Crippen molar-refractivity contribution in [3.05, 3.63) is 47.7 Å². The Balaban J connectivity index is 0.000000704. The molecule has 20 heavy (non-hydrogen) atoms. The highest BCUT2D eigenvalue weighted by atomic mass is 14.9. The SMILES string of the molecule is CC.Cc1cccc2c1ccn2CCC1=CCCCC1. The first kappa shape index (κ1) is 14.9. The lowest BCUT2D eigenvalue weighted by Gasteiger charge is -2.13. The van der Waals surface area contributed by atoms with Gasteiger partial charge in [0.05, 0.1) is 0 Å². The molecule has 1 aromatic carbocycles. The number of aryl methyl sites for hydroxylation is 2. The minimum absolute atomic E-state index is 1.12. The van der Waals surface area contributed by atoms with E-state index in [4.69, 9.17) is 0 Å². The number of hydrogen-bond donors (Lipinski definition) is 0. The van der Waals surface area contributed by atoms with Crippen LogP contribution < -0.4 is 0 Å². The van der Waals surface area contributed by atoms with Gasteiger partial charge in [-0.05, 0) is 56.7 Å². The van der Waals surface area contributed by atoms with E-state index in [-0.39, 0.29) is 0 Å². The minimum atomic E-state index is 1.12. The van der Waals surface area contributed by atoms with E-state index in [0.29, 0.717) is 0 Å². The second-order valence-corrected chi connectivity index (χ2v) is 5.37. The summed E-state index contributed by atoms with van der Waals surface area (Å²) >= 11 is 0. The molecule has 0 unspecified atom stereocenters. The van der Waals surface area contributed by atoms with Gasteiger partial charge in [0.25, 0.3) is 0 Å². The van der Waals surface area contributed by atoms with Crippen molar-refractivity contribution in [3.8, 4) is 0 Å². The molecule has 0 spiro atoms. The number of rotatable bonds is 3. The van der Waals surface area contributed by atoms with Gasteiger partial charge in [-0.3, -0.25) is 0 Å². The normalized spacial score (nSPS) is 14.7. The Morgan fingerprint density at radius 1 is 1.10 bits per heavy atom. The zero-order chi connectivity index (χ0) is 14.4. The molecular formula is C19H27N. The smallest absolute Gasteiger partial charge is 0.0483 e. The maximum Gasteiger partial charge on any atom is 0.0483 e. The summed E-state index contributed by atoms with van der Waals surface area (Å²) in [7, 11) is 0. The van der Waals surface area contributed by atoms with Crippen molar-refractivity contribution in [2.45, 2.75) is 59.4 Å². The maximum atomic E-state index is 2.46. The summed E-state index contributed by atoms with van der Waals surface area (Å²) in [5.41, 5.74) is 4.42. The molecule has 108 valence electrons. The van der Waals surface area contributed by atoms with Crippen molar-refractivity contribution >= 4 is 10.9 Å². The van der Waals surface area contributed by atoms with E-state index in [1.54, 1.807) is 5.57 Å². The summed E-state index contributed by atoms with van der Waals surface area (Å²) in [6, 6.07) is 8.84. The van der Waals surface area contributed by atoms with Crippen LogP contribution in [0.5, 0.6) is 0 Å². The van der Waals surface area contributed by atoms with Crippen molar-refractivity contribution in [3.63, 3.8) is 0 Å². The monoisotopic (exact) mass is 269 g/mol. The molecule has 0 atom stereocenters. The number of fused-ring (bicyclic) bond motifs is 1. The van der Waals surface area contributed by atoms with E-state index in [1.807, 2.05) is 13.8 Å². The van der Waals surface area contributed by atoms with Crippen molar-refractivity contribution in [2.75, 3.05) is 0 Å². The fourth-order valence-corrected chi connectivity index (χ4v) is 2.97. The molecule has 0 bridgehead atoms. The number of allylic oxidation sites excluding steroid dienone is 2. The van der Waals surface area contributed by atoms with Gasteiger partial charge in [0.2, 0.25) is 0 Å². The summed E-state index contributed by atoms with van der Waals surface area (Å²) in [5.74, 6) is 0. The molecule has 0 amide bonds. The number of benzene rings is 1. The van der Waals surface area contributed by atoms with Crippen LogP contribution in [0, 0.1) is 6.92 Å². The van der Waals surface area contributed by atoms with Crippen LogP contribution in [0.1, 0.15) is 51.5 Å². The molecule has 0 radical (unpaired) electrons. The lowest BCUT2D eigenvalue weighted by Crippen LogP contribution is -2.00. The van der Waals surface area contributed by atoms with Gasteiger partial charge >= 0.3 is 0 Å². The molecule has 1 aliphatic rings. The summed E-state index contributed by atoms with van der Waals surface area (Å²) < 4.78 is 2.40. The van der Waals surface area contributed by atoms with Crippen LogP contribution in [0.4, 0.5) is 0 Å². The van der Waals surface area contributed by atoms with Gasteiger partial charge in [0.1, 0.15) is 0 Å². The first-order valence-corrected chi connectivity index (χ1v) is 8.07. The summed E-state index contributed by atoms with van der Waals surface area (Å²) in [6.07, 6.45) is 11.3. The molecule has 1 heteroatoms. The molecule has 1 aromatic heterocycles. The van der Waals surface area contributed by atoms with E-state index in [0.717, 1.165) is 6.54 Å². The second kappa shape index (κ2) is 7.33.